The zero-order valence-electron chi connectivity index (χ0n) is 11.3. The molecule has 0 saturated heterocycles. The summed E-state index contributed by atoms with van der Waals surface area (Å²) in [7, 11) is 0. The molecule has 0 aromatic carbocycles. The summed E-state index contributed by atoms with van der Waals surface area (Å²) < 4.78 is 0. The number of H-pyrrole nitrogens is 2. The topological polar surface area (TPSA) is 121 Å². The minimum atomic E-state index is -0.575. The highest BCUT2D eigenvalue weighted by molar-refractivity contribution is 5.91. The monoisotopic (exact) mass is 280 g/mol. The summed E-state index contributed by atoms with van der Waals surface area (Å²) in [6, 6.07) is 0. The Labute approximate surface area is 116 Å². The standard InChI is InChI=1S/C13H20N4O3/c14-7-3-1-2-4-8-15-11(18)6-5-10-9-16-13(20)17-12(10)19/h5-6,9H,1-4,7-8,14H2,(H,15,18)(H2,16,17,19,20)/b6-5+. The van der Waals surface area contributed by atoms with Crippen LogP contribution in [0.1, 0.15) is 31.2 Å². The molecule has 0 saturated carbocycles. The number of carbonyl (C=O) groups is 1. The number of hydrogen-bond acceptors (Lipinski definition) is 4. The highest BCUT2D eigenvalue weighted by Crippen LogP contribution is 1.97. The van der Waals surface area contributed by atoms with E-state index < -0.39 is 11.2 Å². The van der Waals surface area contributed by atoms with Gasteiger partial charge in [0.25, 0.3) is 5.56 Å². The maximum atomic E-state index is 11.5. The molecule has 1 rings (SSSR count). The smallest absolute Gasteiger partial charge is 0.325 e. The first-order valence-electron chi connectivity index (χ1n) is 6.61. The van der Waals surface area contributed by atoms with Gasteiger partial charge in [-0.2, -0.15) is 0 Å². The number of aromatic nitrogens is 2. The zero-order chi connectivity index (χ0) is 14.8. The first kappa shape index (κ1) is 15.9. The van der Waals surface area contributed by atoms with Gasteiger partial charge in [-0.25, -0.2) is 4.79 Å². The van der Waals surface area contributed by atoms with Crippen LogP contribution >= 0.6 is 0 Å². The van der Waals surface area contributed by atoms with Gasteiger partial charge < -0.3 is 16.0 Å². The highest BCUT2D eigenvalue weighted by atomic mass is 16.2. The average Bonchev–Trinajstić information content (AvgIpc) is 2.41. The molecule has 1 heterocycles. The maximum absolute atomic E-state index is 11.5. The maximum Gasteiger partial charge on any atom is 0.325 e. The van der Waals surface area contributed by atoms with E-state index in [4.69, 9.17) is 5.73 Å². The lowest BCUT2D eigenvalue weighted by atomic mass is 10.2. The Hall–Kier alpha value is -2.15. The number of nitrogens with two attached hydrogens (primary N) is 1. The van der Waals surface area contributed by atoms with Crippen molar-refractivity contribution in [1.82, 2.24) is 15.3 Å². The second-order valence-corrected chi connectivity index (χ2v) is 4.35. The molecule has 20 heavy (non-hydrogen) atoms. The van der Waals surface area contributed by atoms with Crippen molar-refractivity contribution in [3.05, 3.63) is 38.7 Å². The van der Waals surface area contributed by atoms with Crippen LogP contribution < -0.4 is 22.3 Å². The quantitative estimate of drug-likeness (QED) is 0.386. The lowest BCUT2D eigenvalue weighted by Crippen LogP contribution is -2.24. The molecule has 7 nitrogen and oxygen atoms in total. The van der Waals surface area contributed by atoms with Gasteiger partial charge in [0.05, 0.1) is 5.56 Å². The minimum Gasteiger partial charge on any atom is -0.353 e. The molecule has 1 amide bonds. The first-order chi connectivity index (χ1) is 9.63. The molecule has 1 aromatic heterocycles. The highest BCUT2D eigenvalue weighted by Gasteiger charge is 1.98. The summed E-state index contributed by atoms with van der Waals surface area (Å²) in [5, 5.41) is 2.72. The Balaban J connectivity index is 2.33. The van der Waals surface area contributed by atoms with Crippen LogP contribution in [0.4, 0.5) is 0 Å². The molecule has 0 fully saturated rings. The van der Waals surface area contributed by atoms with Crippen LogP contribution in [0.2, 0.25) is 0 Å². The van der Waals surface area contributed by atoms with E-state index in [1.165, 1.54) is 18.3 Å². The van der Waals surface area contributed by atoms with Crippen LogP contribution in [0, 0.1) is 0 Å². The summed E-state index contributed by atoms with van der Waals surface area (Å²) >= 11 is 0. The van der Waals surface area contributed by atoms with E-state index in [9.17, 15) is 14.4 Å². The van der Waals surface area contributed by atoms with Crippen molar-refractivity contribution >= 4 is 12.0 Å². The van der Waals surface area contributed by atoms with Gasteiger partial charge in [0, 0.05) is 18.8 Å². The molecule has 0 aliphatic heterocycles. The van der Waals surface area contributed by atoms with Crippen LogP contribution in [-0.2, 0) is 4.79 Å². The van der Waals surface area contributed by atoms with Gasteiger partial charge in [-0.1, -0.05) is 12.8 Å². The van der Waals surface area contributed by atoms with Gasteiger partial charge >= 0.3 is 5.69 Å². The predicted molar refractivity (Wildman–Crippen MR) is 77.2 cm³/mol. The number of hydrogen-bond donors (Lipinski definition) is 4. The van der Waals surface area contributed by atoms with Gasteiger partial charge in [-0.15, -0.1) is 0 Å². The fourth-order valence-corrected chi connectivity index (χ4v) is 1.60. The molecule has 7 heteroatoms. The van der Waals surface area contributed by atoms with E-state index in [0.717, 1.165) is 25.7 Å². The van der Waals surface area contributed by atoms with E-state index in [1.54, 1.807) is 0 Å². The predicted octanol–water partition coefficient (Wildman–Crippen LogP) is -0.288. The van der Waals surface area contributed by atoms with Crippen molar-refractivity contribution in [2.45, 2.75) is 25.7 Å². The molecule has 0 atom stereocenters. The van der Waals surface area contributed by atoms with Crippen molar-refractivity contribution in [3.63, 3.8) is 0 Å². The Kier molecular flexibility index (Phi) is 7.05. The second kappa shape index (κ2) is 8.87. The molecule has 0 unspecified atom stereocenters. The SMILES string of the molecule is NCCCCCCNC(=O)/C=C/c1c[nH]c(=O)[nH]c1=O. The number of amides is 1. The Morgan fingerprint density at radius 1 is 1.25 bits per heavy atom. The lowest BCUT2D eigenvalue weighted by Gasteiger charge is -2.01. The lowest BCUT2D eigenvalue weighted by molar-refractivity contribution is -0.116. The number of rotatable bonds is 8. The van der Waals surface area contributed by atoms with Crippen molar-refractivity contribution in [2.75, 3.05) is 13.1 Å². The molecular weight excluding hydrogens is 260 g/mol. The Morgan fingerprint density at radius 3 is 2.70 bits per heavy atom. The Morgan fingerprint density at radius 2 is 2.00 bits per heavy atom. The van der Waals surface area contributed by atoms with Gasteiger partial charge in [0.1, 0.15) is 0 Å². The minimum absolute atomic E-state index is 0.225. The molecule has 0 aliphatic carbocycles. The van der Waals surface area contributed by atoms with Gasteiger partial charge in [0.2, 0.25) is 5.91 Å². The summed E-state index contributed by atoms with van der Waals surface area (Å²) in [4.78, 5) is 38.0. The third-order valence-electron chi connectivity index (χ3n) is 2.69. The van der Waals surface area contributed by atoms with E-state index in [0.29, 0.717) is 13.1 Å². The molecule has 1 aromatic rings. The van der Waals surface area contributed by atoms with Crippen molar-refractivity contribution < 1.29 is 4.79 Å². The molecular formula is C13H20N4O3. The summed E-state index contributed by atoms with van der Waals surface area (Å²) in [5.41, 5.74) is 4.50. The van der Waals surface area contributed by atoms with Gasteiger partial charge in [-0.05, 0) is 25.5 Å². The summed E-state index contributed by atoms with van der Waals surface area (Å²) in [5.74, 6) is -0.269. The van der Waals surface area contributed by atoms with Crippen molar-refractivity contribution in [2.24, 2.45) is 5.73 Å². The van der Waals surface area contributed by atoms with Crippen LogP contribution in [0.3, 0.4) is 0 Å². The second-order valence-electron chi connectivity index (χ2n) is 4.35. The van der Waals surface area contributed by atoms with Crippen LogP contribution in [-0.4, -0.2) is 29.0 Å². The van der Waals surface area contributed by atoms with E-state index in [-0.39, 0.29) is 11.5 Å². The fourth-order valence-electron chi connectivity index (χ4n) is 1.60. The summed E-state index contributed by atoms with van der Waals surface area (Å²) in [6.45, 7) is 1.29. The third-order valence-corrected chi connectivity index (χ3v) is 2.69. The van der Waals surface area contributed by atoms with Crippen LogP contribution in [0.15, 0.2) is 21.9 Å². The van der Waals surface area contributed by atoms with Gasteiger partial charge in [-0.3, -0.25) is 14.6 Å². The first-order valence-corrected chi connectivity index (χ1v) is 6.61. The third kappa shape index (κ3) is 6.14. The number of aromatic amines is 2. The van der Waals surface area contributed by atoms with E-state index in [1.807, 2.05) is 0 Å². The molecule has 0 aliphatic rings. The normalized spacial score (nSPS) is 10.8. The van der Waals surface area contributed by atoms with E-state index >= 15 is 0 Å². The molecule has 0 radical (unpaired) electrons. The summed E-state index contributed by atoms with van der Waals surface area (Å²) in [6.07, 6.45) is 7.89. The largest absolute Gasteiger partial charge is 0.353 e. The van der Waals surface area contributed by atoms with Gasteiger partial charge in [0.15, 0.2) is 0 Å². The zero-order valence-corrected chi connectivity index (χ0v) is 11.3. The van der Waals surface area contributed by atoms with Crippen LogP contribution in [0.5, 0.6) is 0 Å². The van der Waals surface area contributed by atoms with Crippen LogP contribution in [0.25, 0.3) is 6.08 Å². The fraction of sp³-hybridized carbons (Fsp3) is 0.462. The Bertz CT molecular complexity index is 559. The average molecular weight is 280 g/mol. The molecule has 110 valence electrons. The molecule has 0 bridgehead atoms. The van der Waals surface area contributed by atoms with Crippen molar-refractivity contribution in [3.8, 4) is 0 Å². The number of carbonyl (C=O) groups excluding carboxylic acids is 1. The van der Waals surface area contributed by atoms with E-state index in [2.05, 4.69) is 15.3 Å². The molecule has 0 spiro atoms. The van der Waals surface area contributed by atoms with Crippen molar-refractivity contribution in [1.29, 1.82) is 0 Å². The number of nitrogens with one attached hydrogen (secondary N) is 3. The number of unbranched alkanes of at least 4 members (excludes halogenated alkanes) is 3. The molecule has 5 N–H and O–H groups in total.